The van der Waals surface area contributed by atoms with Crippen LogP contribution < -0.4 is 5.32 Å². The number of nitrogens with one attached hydrogen (secondary N) is 1. The van der Waals surface area contributed by atoms with Gasteiger partial charge in [-0.2, -0.15) is 10.2 Å². The number of nitrogens with zero attached hydrogens (tertiary/aromatic N) is 5. The molecule has 7 heteroatoms. The standard InChI is InChI=1S/C20H20N6O/c1-13-4-6-15(7-5-13)18-8-9-21-19-17(12-23-26(18)19)20(27)22-11-16-10-14(2)25(3)24-16/h4-10,12H,11H2,1-3H3,(H,22,27). The molecule has 0 unspecified atom stereocenters. The number of carbonyl (C=O) groups excluding carboxylic acids is 1. The molecule has 7 nitrogen and oxygen atoms in total. The first-order valence-electron chi connectivity index (χ1n) is 8.70. The second-order valence-corrected chi connectivity index (χ2v) is 6.57. The van der Waals surface area contributed by atoms with Crippen LogP contribution in [0.2, 0.25) is 0 Å². The zero-order valence-electron chi connectivity index (χ0n) is 15.5. The number of amides is 1. The lowest BCUT2D eigenvalue weighted by molar-refractivity contribution is 0.0952. The zero-order valence-corrected chi connectivity index (χ0v) is 15.5. The second-order valence-electron chi connectivity index (χ2n) is 6.57. The van der Waals surface area contributed by atoms with Crippen molar-refractivity contribution in [3.8, 4) is 11.3 Å². The van der Waals surface area contributed by atoms with Crippen molar-refractivity contribution in [3.63, 3.8) is 0 Å². The molecule has 0 saturated heterocycles. The van der Waals surface area contributed by atoms with Crippen LogP contribution in [0.3, 0.4) is 0 Å². The number of benzene rings is 1. The maximum atomic E-state index is 12.6. The Bertz CT molecular complexity index is 1100. The van der Waals surface area contributed by atoms with Gasteiger partial charge in [-0.1, -0.05) is 29.8 Å². The number of hydrogen-bond donors (Lipinski definition) is 1. The molecule has 0 saturated carbocycles. The summed E-state index contributed by atoms with van der Waals surface area (Å²) in [5, 5.41) is 11.6. The van der Waals surface area contributed by atoms with Gasteiger partial charge < -0.3 is 5.32 Å². The molecular formula is C20H20N6O. The highest BCUT2D eigenvalue weighted by Crippen LogP contribution is 2.21. The normalized spacial score (nSPS) is 11.1. The Labute approximate surface area is 156 Å². The highest BCUT2D eigenvalue weighted by atomic mass is 16.1. The molecule has 3 heterocycles. The number of aryl methyl sites for hydroxylation is 3. The van der Waals surface area contributed by atoms with E-state index in [-0.39, 0.29) is 5.91 Å². The van der Waals surface area contributed by atoms with Crippen molar-refractivity contribution in [1.82, 2.24) is 29.7 Å². The third kappa shape index (κ3) is 3.19. The Hall–Kier alpha value is -3.48. The fourth-order valence-corrected chi connectivity index (χ4v) is 2.98. The van der Waals surface area contributed by atoms with E-state index in [4.69, 9.17) is 0 Å². The Balaban J connectivity index is 1.62. The summed E-state index contributed by atoms with van der Waals surface area (Å²) in [6.45, 7) is 4.38. The van der Waals surface area contributed by atoms with Crippen LogP contribution in [0.5, 0.6) is 0 Å². The average Bonchev–Trinajstić information content (AvgIpc) is 3.24. The molecule has 0 radical (unpaired) electrons. The third-order valence-electron chi connectivity index (χ3n) is 4.59. The fraction of sp³-hybridized carbons (Fsp3) is 0.200. The van der Waals surface area contributed by atoms with Gasteiger partial charge in [0.25, 0.3) is 5.91 Å². The van der Waals surface area contributed by atoms with Crippen molar-refractivity contribution in [2.75, 3.05) is 0 Å². The molecule has 0 spiro atoms. The molecule has 1 N–H and O–H groups in total. The average molecular weight is 360 g/mol. The Morgan fingerprint density at radius 2 is 1.93 bits per heavy atom. The molecule has 4 rings (SSSR count). The van der Waals surface area contributed by atoms with Gasteiger partial charge in [-0.25, -0.2) is 9.50 Å². The van der Waals surface area contributed by atoms with E-state index in [9.17, 15) is 4.79 Å². The Morgan fingerprint density at radius 3 is 2.63 bits per heavy atom. The van der Waals surface area contributed by atoms with Gasteiger partial charge in [0, 0.05) is 24.5 Å². The van der Waals surface area contributed by atoms with Gasteiger partial charge in [-0.15, -0.1) is 0 Å². The topological polar surface area (TPSA) is 77.1 Å². The summed E-state index contributed by atoms with van der Waals surface area (Å²) in [6.07, 6.45) is 3.25. The predicted octanol–water partition coefficient (Wildman–Crippen LogP) is 2.68. The van der Waals surface area contributed by atoms with Crippen LogP contribution in [0.15, 0.2) is 48.8 Å². The van der Waals surface area contributed by atoms with Gasteiger partial charge in [0.1, 0.15) is 5.56 Å². The van der Waals surface area contributed by atoms with Gasteiger partial charge in [0.2, 0.25) is 0 Å². The first kappa shape index (κ1) is 17.0. The van der Waals surface area contributed by atoms with Gasteiger partial charge in [-0.3, -0.25) is 9.48 Å². The van der Waals surface area contributed by atoms with Crippen LogP contribution in [0, 0.1) is 13.8 Å². The number of aromatic nitrogens is 5. The van der Waals surface area contributed by atoms with Gasteiger partial charge in [0.15, 0.2) is 5.65 Å². The van der Waals surface area contributed by atoms with Crippen molar-refractivity contribution in [2.24, 2.45) is 7.05 Å². The van der Waals surface area contributed by atoms with E-state index in [2.05, 4.69) is 20.5 Å². The Morgan fingerprint density at radius 1 is 1.15 bits per heavy atom. The van der Waals surface area contributed by atoms with E-state index in [1.54, 1.807) is 21.6 Å². The lowest BCUT2D eigenvalue weighted by Crippen LogP contribution is -2.23. The molecule has 0 bridgehead atoms. The van der Waals surface area contributed by atoms with Gasteiger partial charge in [0.05, 0.1) is 24.1 Å². The molecule has 0 fully saturated rings. The summed E-state index contributed by atoms with van der Waals surface area (Å²) in [4.78, 5) is 17.0. The minimum atomic E-state index is -0.220. The van der Waals surface area contributed by atoms with E-state index >= 15 is 0 Å². The smallest absolute Gasteiger partial charge is 0.257 e. The van der Waals surface area contributed by atoms with E-state index in [0.29, 0.717) is 17.8 Å². The molecule has 0 aliphatic rings. The molecule has 3 aromatic heterocycles. The molecule has 0 aliphatic heterocycles. The van der Waals surface area contributed by atoms with E-state index < -0.39 is 0 Å². The van der Waals surface area contributed by atoms with Crippen molar-refractivity contribution in [1.29, 1.82) is 0 Å². The largest absolute Gasteiger partial charge is 0.346 e. The number of rotatable bonds is 4. The molecule has 0 aliphatic carbocycles. The monoisotopic (exact) mass is 360 g/mol. The minimum Gasteiger partial charge on any atom is -0.346 e. The lowest BCUT2D eigenvalue weighted by atomic mass is 10.1. The summed E-state index contributed by atoms with van der Waals surface area (Å²) >= 11 is 0. The summed E-state index contributed by atoms with van der Waals surface area (Å²) in [6, 6.07) is 12.0. The molecule has 1 aromatic carbocycles. The first-order valence-corrected chi connectivity index (χ1v) is 8.70. The molecule has 27 heavy (non-hydrogen) atoms. The van der Waals surface area contributed by atoms with Crippen molar-refractivity contribution < 1.29 is 4.79 Å². The number of fused-ring (bicyclic) bond motifs is 1. The SMILES string of the molecule is Cc1ccc(-c2ccnc3c(C(=O)NCc4cc(C)n(C)n4)cnn23)cc1. The highest BCUT2D eigenvalue weighted by molar-refractivity contribution is 5.99. The Kier molecular flexibility index (Phi) is 4.19. The predicted molar refractivity (Wildman–Crippen MR) is 102 cm³/mol. The van der Waals surface area contributed by atoms with Crippen molar-refractivity contribution in [2.45, 2.75) is 20.4 Å². The molecule has 136 valence electrons. The minimum absolute atomic E-state index is 0.220. The quantitative estimate of drug-likeness (QED) is 0.607. The van der Waals surface area contributed by atoms with Gasteiger partial charge in [-0.05, 0) is 26.0 Å². The van der Waals surface area contributed by atoms with Crippen LogP contribution in [0.4, 0.5) is 0 Å². The second kappa shape index (κ2) is 6.68. The summed E-state index contributed by atoms with van der Waals surface area (Å²) in [7, 11) is 1.88. The van der Waals surface area contributed by atoms with E-state index in [1.807, 2.05) is 57.3 Å². The molecule has 4 aromatic rings. The van der Waals surface area contributed by atoms with Gasteiger partial charge >= 0.3 is 0 Å². The van der Waals surface area contributed by atoms with Crippen molar-refractivity contribution >= 4 is 11.6 Å². The van der Waals surface area contributed by atoms with E-state index in [1.165, 1.54) is 5.56 Å². The van der Waals surface area contributed by atoms with Crippen molar-refractivity contribution in [3.05, 3.63) is 71.3 Å². The third-order valence-corrected chi connectivity index (χ3v) is 4.59. The highest BCUT2D eigenvalue weighted by Gasteiger charge is 2.16. The zero-order chi connectivity index (χ0) is 19.0. The maximum Gasteiger partial charge on any atom is 0.257 e. The van der Waals surface area contributed by atoms with Crippen LogP contribution in [-0.2, 0) is 13.6 Å². The van der Waals surface area contributed by atoms with Crippen LogP contribution in [0.25, 0.3) is 16.9 Å². The fourth-order valence-electron chi connectivity index (χ4n) is 2.98. The van der Waals surface area contributed by atoms with Crippen LogP contribution in [0.1, 0.15) is 27.3 Å². The summed E-state index contributed by atoms with van der Waals surface area (Å²) < 4.78 is 3.48. The van der Waals surface area contributed by atoms with Crippen LogP contribution in [-0.4, -0.2) is 30.3 Å². The number of carbonyl (C=O) groups is 1. The molecular weight excluding hydrogens is 340 g/mol. The summed E-state index contributed by atoms with van der Waals surface area (Å²) in [5.41, 5.74) is 5.92. The summed E-state index contributed by atoms with van der Waals surface area (Å²) in [5.74, 6) is -0.220. The maximum absolute atomic E-state index is 12.6. The first-order chi connectivity index (χ1) is 13.0. The number of hydrogen-bond acceptors (Lipinski definition) is 4. The van der Waals surface area contributed by atoms with E-state index in [0.717, 1.165) is 22.6 Å². The lowest BCUT2D eigenvalue weighted by Gasteiger charge is -2.06. The molecule has 0 atom stereocenters. The molecule has 1 amide bonds. The van der Waals surface area contributed by atoms with Crippen LogP contribution >= 0.6 is 0 Å².